The third-order valence-corrected chi connectivity index (χ3v) is 5.48. The van der Waals surface area contributed by atoms with Crippen LogP contribution in [0.5, 0.6) is 5.88 Å². The number of hydrogen-bond acceptors (Lipinski definition) is 7. The molecule has 1 atom stereocenters. The number of hydrogen-bond donors (Lipinski definition) is 3. The predicted molar refractivity (Wildman–Crippen MR) is 99.6 cm³/mol. The first-order valence-corrected chi connectivity index (χ1v) is 9.52. The van der Waals surface area contributed by atoms with Crippen LogP contribution >= 0.6 is 11.3 Å². The number of rotatable bonds is 7. The normalized spacial score (nSPS) is 16.0. The third kappa shape index (κ3) is 4.97. The Labute approximate surface area is 167 Å². The lowest BCUT2D eigenvalue weighted by Crippen LogP contribution is -2.44. The molecule has 156 valence electrons. The molecule has 11 heteroatoms. The van der Waals surface area contributed by atoms with E-state index < -0.39 is 29.5 Å². The van der Waals surface area contributed by atoms with Crippen LogP contribution in [-0.4, -0.2) is 34.7 Å². The van der Waals surface area contributed by atoms with E-state index in [1.54, 1.807) is 18.2 Å². The van der Waals surface area contributed by atoms with Crippen LogP contribution in [0.2, 0.25) is 0 Å². The highest BCUT2D eigenvalue weighted by Crippen LogP contribution is 2.41. The number of esters is 1. The molecule has 1 heterocycles. The number of nitrogens with one attached hydrogen (secondary N) is 2. The summed E-state index contributed by atoms with van der Waals surface area (Å²) < 4.78 is 43.0. The molecule has 0 aliphatic heterocycles. The van der Waals surface area contributed by atoms with Crippen molar-refractivity contribution in [2.45, 2.75) is 31.5 Å². The summed E-state index contributed by atoms with van der Waals surface area (Å²) in [5.74, 6) is -3.83. The summed E-state index contributed by atoms with van der Waals surface area (Å²) in [4.78, 5) is 27.9. The van der Waals surface area contributed by atoms with E-state index in [2.05, 4.69) is 20.4 Å². The van der Waals surface area contributed by atoms with E-state index in [0.717, 1.165) is 31.1 Å². The molecule has 1 aliphatic rings. The number of amides is 1. The Balaban J connectivity index is 1.91. The van der Waals surface area contributed by atoms with Crippen molar-refractivity contribution in [1.29, 1.82) is 0 Å². The van der Waals surface area contributed by atoms with Gasteiger partial charge in [0.05, 0.1) is 0 Å². The molecule has 2 aromatic rings. The quantitative estimate of drug-likeness (QED) is 0.581. The summed E-state index contributed by atoms with van der Waals surface area (Å²) in [7, 11) is 0. The number of thiazole rings is 1. The zero-order valence-corrected chi connectivity index (χ0v) is 16.1. The van der Waals surface area contributed by atoms with Crippen molar-refractivity contribution in [3.8, 4) is 5.88 Å². The Morgan fingerprint density at radius 3 is 2.52 bits per heavy atom. The minimum absolute atomic E-state index is 0.214. The molecule has 3 N–H and O–H groups in total. The highest BCUT2D eigenvalue weighted by Gasteiger charge is 2.51. The van der Waals surface area contributed by atoms with Gasteiger partial charge in [-0.05, 0) is 37.8 Å². The molecule has 0 bridgehead atoms. The van der Waals surface area contributed by atoms with E-state index in [1.807, 2.05) is 0 Å². The maximum Gasteiger partial charge on any atom is 0.490 e. The van der Waals surface area contributed by atoms with Crippen LogP contribution in [0.4, 0.5) is 24.0 Å². The van der Waals surface area contributed by atoms with Gasteiger partial charge in [-0.25, -0.2) is 4.79 Å². The van der Waals surface area contributed by atoms with Gasteiger partial charge in [-0.1, -0.05) is 29.5 Å². The fourth-order valence-electron chi connectivity index (χ4n) is 2.46. The molecule has 1 aromatic carbocycles. The summed E-state index contributed by atoms with van der Waals surface area (Å²) in [6.45, 7) is 1.56. The number of anilines is 2. The lowest BCUT2D eigenvalue weighted by molar-refractivity contribution is -0.213. The standard InChI is InChI=1S/C18H18F3N3O4S/c1-17(28-15(27)18(19,20)21,14(26)23-11-5-3-2-4-6-11)12-13(25)24-16(29-12)22-9-10-7-8-10/h2-6,10,25H,7-9H2,1H3,(H,22,24)(H,23,26). The van der Waals surface area contributed by atoms with Gasteiger partial charge in [-0.3, -0.25) is 4.79 Å². The van der Waals surface area contributed by atoms with Crippen molar-refractivity contribution in [3.05, 3.63) is 35.2 Å². The third-order valence-electron chi connectivity index (χ3n) is 4.27. The first-order chi connectivity index (χ1) is 13.6. The predicted octanol–water partition coefficient (Wildman–Crippen LogP) is 3.63. The van der Waals surface area contributed by atoms with Crippen molar-refractivity contribution in [2.24, 2.45) is 5.92 Å². The lowest BCUT2D eigenvalue weighted by Gasteiger charge is -2.27. The summed E-state index contributed by atoms with van der Waals surface area (Å²) in [5, 5.41) is 15.8. The average molecular weight is 429 g/mol. The van der Waals surface area contributed by atoms with Gasteiger partial charge in [-0.15, -0.1) is 0 Å². The Kier molecular flexibility index (Phi) is 5.69. The number of para-hydroxylation sites is 1. The summed E-state index contributed by atoms with van der Waals surface area (Å²) >= 11 is 0.750. The Hall–Kier alpha value is -2.82. The maximum atomic E-state index is 12.8. The molecule has 1 aliphatic carbocycles. The van der Waals surface area contributed by atoms with Crippen LogP contribution in [0, 0.1) is 5.92 Å². The first-order valence-electron chi connectivity index (χ1n) is 8.70. The summed E-state index contributed by atoms with van der Waals surface area (Å²) in [6, 6.07) is 7.93. The minimum Gasteiger partial charge on any atom is -0.492 e. The van der Waals surface area contributed by atoms with Crippen molar-refractivity contribution in [1.82, 2.24) is 4.98 Å². The zero-order chi connectivity index (χ0) is 21.2. The molecule has 29 heavy (non-hydrogen) atoms. The second-order valence-corrected chi connectivity index (χ2v) is 7.74. The number of benzene rings is 1. The van der Waals surface area contributed by atoms with Crippen LogP contribution in [0.3, 0.4) is 0 Å². The van der Waals surface area contributed by atoms with Gasteiger partial charge in [0.25, 0.3) is 5.91 Å². The van der Waals surface area contributed by atoms with Crippen LogP contribution in [-0.2, 0) is 19.9 Å². The number of nitrogens with zero attached hydrogens (tertiary/aromatic N) is 1. The molecular formula is C18H18F3N3O4S. The van der Waals surface area contributed by atoms with Crippen LogP contribution < -0.4 is 10.6 Å². The summed E-state index contributed by atoms with van der Waals surface area (Å²) in [5.41, 5.74) is -2.17. The summed E-state index contributed by atoms with van der Waals surface area (Å²) in [6.07, 6.45) is -3.21. The molecule has 1 fully saturated rings. The highest BCUT2D eigenvalue weighted by molar-refractivity contribution is 7.16. The van der Waals surface area contributed by atoms with E-state index in [4.69, 9.17) is 0 Å². The average Bonchev–Trinajstić information content (AvgIpc) is 3.41. The smallest absolute Gasteiger partial charge is 0.490 e. The van der Waals surface area contributed by atoms with E-state index >= 15 is 0 Å². The number of aromatic hydroxyl groups is 1. The second kappa shape index (κ2) is 7.90. The van der Waals surface area contributed by atoms with Crippen LogP contribution in [0.1, 0.15) is 24.6 Å². The number of aromatic nitrogens is 1. The molecule has 1 amide bonds. The van der Waals surface area contributed by atoms with Gasteiger partial charge in [0.15, 0.2) is 5.13 Å². The fraction of sp³-hybridized carbons (Fsp3) is 0.389. The fourth-order valence-corrected chi connectivity index (χ4v) is 3.41. The van der Waals surface area contributed by atoms with Gasteiger partial charge in [-0.2, -0.15) is 18.2 Å². The molecule has 3 rings (SSSR count). The SMILES string of the molecule is CC(OC(=O)C(F)(F)F)(C(=O)Nc1ccccc1)c1sc(NCC2CC2)nc1O. The number of halogens is 3. The Morgan fingerprint density at radius 2 is 1.93 bits per heavy atom. The molecule has 1 saturated carbocycles. The molecule has 1 aromatic heterocycles. The van der Waals surface area contributed by atoms with Crippen molar-refractivity contribution < 1.29 is 32.6 Å². The van der Waals surface area contributed by atoms with Gasteiger partial charge >= 0.3 is 12.1 Å². The van der Waals surface area contributed by atoms with Crippen LogP contribution in [0.15, 0.2) is 30.3 Å². The number of alkyl halides is 3. The zero-order valence-electron chi connectivity index (χ0n) is 15.2. The second-order valence-electron chi connectivity index (χ2n) is 6.74. The number of carbonyl (C=O) groups is 2. The van der Waals surface area contributed by atoms with Crippen molar-refractivity contribution >= 4 is 34.0 Å². The number of carbonyl (C=O) groups excluding carboxylic acids is 2. The maximum absolute atomic E-state index is 12.8. The Bertz CT molecular complexity index is 900. The van der Waals surface area contributed by atoms with E-state index in [0.29, 0.717) is 12.5 Å². The monoisotopic (exact) mass is 429 g/mol. The molecular weight excluding hydrogens is 411 g/mol. The molecule has 0 radical (unpaired) electrons. The first kappa shape index (κ1) is 20.9. The van der Waals surface area contributed by atoms with E-state index in [9.17, 15) is 27.9 Å². The van der Waals surface area contributed by atoms with E-state index in [1.165, 1.54) is 12.1 Å². The van der Waals surface area contributed by atoms with Gasteiger partial charge < -0.3 is 20.5 Å². The number of ether oxygens (including phenoxy) is 1. The largest absolute Gasteiger partial charge is 0.492 e. The van der Waals surface area contributed by atoms with Crippen molar-refractivity contribution in [2.75, 3.05) is 17.2 Å². The molecule has 0 spiro atoms. The van der Waals surface area contributed by atoms with Gasteiger partial charge in [0.2, 0.25) is 11.5 Å². The Morgan fingerprint density at radius 1 is 1.28 bits per heavy atom. The molecule has 7 nitrogen and oxygen atoms in total. The van der Waals surface area contributed by atoms with Gasteiger partial charge in [0.1, 0.15) is 4.88 Å². The molecule has 0 saturated heterocycles. The van der Waals surface area contributed by atoms with Gasteiger partial charge in [0, 0.05) is 12.2 Å². The highest BCUT2D eigenvalue weighted by atomic mass is 32.1. The van der Waals surface area contributed by atoms with E-state index in [-0.39, 0.29) is 15.7 Å². The minimum atomic E-state index is -5.32. The van der Waals surface area contributed by atoms with Crippen molar-refractivity contribution in [3.63, 3.8) is 0 Å². The lowest BCUT2D eigenvalue weighted by atomic mass is 10.0. The molecule has 1 unspecified atom stereocenters. The topological polar surface area (TPSA) is 101 Å². The van der Waals surface area contributed by atoms with Crippen LogP contribution in [0.25, 0.3) is 0 Å².